The lowest BCUT2D eigenvalue weighted by Crippen LogP contribution is -2.37. The van der Waals surface area contributed by atoms with Crippen LogP contribution in [0.25, 0.3) is 0 Å². The maximum Gasteiger partial charge on any atom is 0.312 e. The van der Waals surface area contributed by atoms with E-state index in [0.29, 0.717) is 6.61 Å². The summed E-state index contributed by atoms with van der Waals surface area (Å²) in [5.74, 6) is 0. The highest BCUT2D eigenvalue weighted by Gasteiger charge is 2.01. The van der Waals surface area contributed by atoms with Crippen LogP contribution in [0.15, 0.2) is 0 Å². The van der Waals surface area contributed by atoms with E-state index in [4.69, 9.17) is 10.5 Å². The van der Waals surface area contributed by atoms with Gasteiger partial charge >= 0.3 is 6.03 Å². The summed E-state index contributed by atoms with van der Waals surface area (Å²) in [6, 6.07) is -0.388. The van der Waals surface area contributed by atoms with Gasteiger partial charge in [-0.2, -0.15) is 0 Å². The Bertz CT molecular complexity index is 106. The van der Waals surface area contributed by atoms with Gasteiger partial charge in [0.05, 0.1) is 0 Å². The number of carbonyl (C=O) groups is 1. The first kappa shape index (κ1) is 9.23. The summed E-state index contributed by atoms with van der Waals surface area (Å²) < 4.78 is 4.80. The minimum absolute atomic E-state index is 0.0949. The highest BCUT2D eigenvalue weighted by molar-refractivity contribution is 5.71. The van der Waals surface area contributed by atoms with Gasteiger partial charge in [-0.25, -0.2) is 4.79 Å². The fourth-order valence-corrected chi connectivity index (χ4v) is 0.610. The Morgan fingerprint density at radius 1 is 1.80 bits per heavy atom. The van der Waals surface area contributed by atoms with Crippen molar-refractivity contribution in [2.45, 2.75) is 19.4 Å². The van der Waals surface area contributed by atoms with Crippen LogP contribution < -0.4 is 11.1 Å². The third-order valence-corrected chi connectivity index (χ3v) is 1.14. The maximum atomic E-state index is 10.2. The van der Waals surface area contributed by atoms with Gasteiger partial charge in [-0.15, -0.1) is 0 Å². The van der Waals surface area contributed by atoms with Crippen LogP contribution in [-0.2, 0) is 4.74 Å². The van der Waals surface area contributed by atoms with Crippen molar-refractivity contribution in [2.75, 3.05) is 13.7 Å². The van der Waals surface area contributed by atoms with Gasteiger partial charge in [0.1, 0.15) is 0 Å². The zero-order chi connectivity index (χ0) is 7.98. The molecule has 0 saturated carbocycles. The second kappa shape index (κ2) is 5.05. The number of rotatable bonds is 4. The number of nitrogens with one attached hydrogen (secondary N) is 1. The van der Waals surface area contributed by atoms with E-state index in [-0.39, 0.29) is 6.04 Å². The van der Waals surface area contributed by atoms with Crippen molar-refractivity contribution in [1.82, 2.24) is 5.32 Å². The van der Waals surface area contributed by atoms with Crippen LogP contribution in [0, 0.1) is 0 Å². The molecule has 0 heterocycles. The van der Waals surface area contributed by atoms with Crippen molar-refractivity contribution in [3.8, 4) is 0 Å². The molecule has 2 amide bonds. The quantitative estimate of drug-likeness (QED) is 0.590. The molecule has 0 radical (unpaired) electrons. The maximum absolute atomic E-state index is 10.2. The molecule has 4 nitrogen and oxygen atoms in total. The smallest absolute Gasteiger partial charge is 0.312 e. The lowest BCUT2D eigenvalue weighted by molar-refractivity contribution is 0.184. The average Bonchev–Trinajstić information content (AvgIpc) is 1.82. The van der Waals surface area contributed by atoms with Crippen LogP contribution in [0.2, 0.25) is 0 Å². The molecule has 0 bridgehead atoms. The van der Waals surface area contributed by atoms with Crippen molar-refractivity contribution in [1.29, 1.82) is 0 Å². The minimum Gasteiger partial charge on any atom is -0.385 e. The van der Waals surface area contributed by atoms with Gasteiger partial charge in [0.25, 0.3) is 0 Å². The summed E-state index contributed by atoms with van der Waals surface area (Å²) in [5, 5.41) is 2.54. The number of hydrogen-bond donors (Lipinski definition) is 2. The highest BCUT2D eigenvalue weighted by atomic mass is 16.5. The number of primary amides is 1. The summed E-state index contributed by atoms with van der Waals surface area (Å²) in [4.78, 5) is 10.2. The molecule has 0 saturated heterocycles. The van der Waals surface area contributed by atoms with E-state index >= 15 is 0 Å². The lowest BCUT2D eigenvalue weighted by atomic mass is 10.2. The first-order valence-electron chi connectivity index (χ1n) is 3.21. The number of amides is 2. The summed E-state index contributed by atoms with van der Waals surface area (Å²) in [5.41, 5.74) is 4.87. The zero-order valence-corrected chi connectivity index (χ0v) is 6.39. The molecule has 0 aromatic rings. The molecule has 0 spiro atoms. The summed E-state index contributed by atoms with van der Waals surface area (Å²) in [7, 11) is 1.62. The summed E-state index contributed by atoms with van der Waals surface area (Å²) >= 11 is 0. The van der Waals surface area contributed by atoms with Crippen LogP contribution in [0.1, 0.15) is 13.3 Å². The van der Waals surface area contributed by atoms with Crippen molar-refractivity contribution in [2.24, 2.45) is 5.73 Å². The molecule has 0 aromatic carbocycles. The van der Waals surface area contributed by atoms with Crippen LogP contribution in [0.4, 0.5) is 4.79 Å². The van der Waals surface area contributed by atoms with E-state index in [0.717, 1.165) is 6.42 Å². The van der Waals surface area contributed by atoms with E-state index in [1.165, 1.54) is 0 Å². The molecule has 0 aromatic heterocycles. The zero-order valence-electron chi connectivity index (χ0n) is 6.39. The molecule has 4 heteroatoms. The number of ether oxygens (including phenoxy) is 1. The van der Waals surface area contributed by atoms with Gasteiger partial charge in [-0.1, -0.05) is 0 Å². The van der Waals surface area contributed by atoms with Gasteiger partial charge in [0, 0.05) is 19.8 Å². The topological polar surface area (TPSA) is 64.3 Å². The van der Waals surface area contributed by atoms with Crippen LogP contribution >= 0.6 is 0 Å². The Kier molecular flexibility index (Phi) is 4.66. The Morgan fingerprint density at radius 3 is 2.80 bits per heavy atom. The number of carbonyl (C=O) groups excluding carboxylic acids is 1. The summed E-state index contributed by atoms with van der Waals surface area (Å²) in [6.45, 7) is 2.52. The molecule has 10 heavy (non-hydrogen) atoms. The van der Waals surface area contributed by atoms with Gasteiger partial charge in [0.2, 0.25) is 0 Å². The second-order valence-corrected chi connectivity index (χ2v) is 2.19. The molecule has 3 N–H and O–H groups in total. The number of urea groups is 1. The Balaban J connectivity index is 3.25. The second-order valence-electron chi connectivity index (χ2n) is 2.19. The van der Waals surface area contributed by atoms with Gasteiger partial charge in [0.15, 0.2) is 0 Å². The Hall–Kier alpha value is -0.770. The fourth-order valence-electron chi connectivity index (χ4n) is 0.610. The molecule has 0 fully saturated rings. The van der Waals surface area contributed by atoms with Crippen molar-refractivity contribution in [3.63, 3.8) is 0 Å². The summed E-state index contributed by atoms with van der Waals surface area (Å²) in [6.07, 6.45) is 0.791. The van der Waals surface area contributed by atoms with Gasteiger partial charge in [-0.05, 0) is 13.3 Å². The molecule has 0 rings (SSSR count). The molecular formula is C6H14N2O2. The molecule has 0 aliphatic heterocycles. The van der Waals surface area contributed by atoms with Crippen LogP contribution in [-0.4, -0.2) is 25.8 Å². The monoisotopic (exact) mass is 146 g/mol. The van der Waals surface area contributed by atoms with E-state index in [1.54, 1.807) is 7.11 Å². The SMILES string of the molecule is COCCC(C)NC(N)=O. The molecule has 1 atom stereocenters. The molecular weight excluding hydrogens is 132 g/mol. The molecule has 60 valence electrons. The van der Waals surface area contributed by atoms with E-state index < -0.39 is 6.03 Å². The molecule has 1 unspecified atom stereocenters. The molecule has 0 aliphatic carbocycles. The van der Waals surface area contributed by atoms with Gasteiger partial charge in [-0.3, -0.25) is 0 Å². The lowest BCUT2D eigenvalue weighted by Gasteiger charge is -2.09. The predicted molar refractivity (Wildman–Crippen MR) is 38.7 cm³/mol. The fraction of sp³-hybridized carbons (Fsp3) is 0.833. The first-order chi connectivity index (χ1) is 4.66. The van der Waals surface area contributed by atoms with Crippen LogP contribution in [0.5, 0.6) is 0 Å². The third kappa shape index (κ3) is 5.37. The Labute approximate surface area is 60.7 Å². The van der Waals surface area contributed by atoms with Crippen molar-refractivity contribution >= 4 is 6.03 Å². The number of hydrogen-bond acceptors (Lipinski definition) is 2. The van der Waals surface area contributed by atoms with E-state index in [9.17, 15) is 4.79 Å². The number of methoxy groups -OCH3 is 1. The first-order valence-corrected chi connectivity index (χ1v) is 3.21. The van der Waals surface area contributed by atoms with Crippen molar-refractivity contribution in [3.05, 3.63) is 0 Å². The number of nitrogens with two attached hydrogens (primary N) is 1. The Morgan fingerprint density at radius 2 is 2.40 bits per heavy atom. The van der Waals surface area contributed by atoms with Crippen LogP contribution in [0.3, 0.4) is 0 Å². The largest absolute Gasteiger partial charge is 0.385 e. The average molecular weight is 146 g/mol. The highest BCUT2D eigenvalue weighted by Crippen LogP contribution is 1.88. The van der Waals surface area contributed by atoms with Gasteiger partial charge < -0.3 is 15.8 Å². The third-order valence-electron chi connectivity index (χ3n) is 1.14. The molecule has 0 aliphatic rings. The minimum atomic E-state index is -0.483. The van der Waals surface area contributed by atoms with E-state index in [1.807, 2.05) is 6.92 Å². The van der Waals surface area contributed by atoms with E-state index in [2.05, 4.69) is 5.32 Å². The standard InChI is InChI=1S/C6H14N2O2/c1-5(3-4-10-2)8-6(7)9/h5H,3-4H2,1-2H3,(H3,7,8,9). The van der Waals surface area contributed by atoms with Crippen molar-refractivity contribution < 1.29 is 9.53 Å². The predicted octanol–water partition coefficient (Wildman–Crippen LogP) is 0.0797. The normalized spacial score (nSPS) is 12.6.